The highest BCUT2D eigenvalue weighted by atomic mass is 16.5. The van der Waals surface area contributed by atoms with Crippen LogP contribution in [-0.2, 0) is 0 Å². The van der Waals surface area contributed by atoms with E-state index in [-0.39, 0.29) is 0 Å². The van der Waals surface area contributed by atoms with Gasteiger partial charge in [-0.1, -0.05) is 63.8 Å². The van der Waals surface area contributed by atoms with E-state index in [1.165, 1.54) is 62.1 Å². The van der Waals surface area contributed by atoms with Crippen LogP contribution in [-0.4, -0.2) is 6.61 Å². The van der Waals surface area contributed by atoms with Crippen molar-refractivity contribution >= 4 is 10.8 Å². The van der Waals surface area contributed by atoms with Crippen molar-refractivity contribution in [2.24, 2.45) is 5.92 Å². The van der Waals surface area contributed by atoms with E-state index < -0.39 is 0 Å². The van der Waals surface area contributed by atoms with E-state index in [1.54, 1.807) is 5.56 Å². The van der Waals surface area contributed by atoms with Crippen LogP contribution in [0.25, 0.3) is 10.8 Å². The molecule has 0 saturated heterocycles. The molecule has 2 aromatic rings. The molecule has 0 heterocycles. The summed E-state index contributed by atoms with van der Waals surface area (Å²) >= 11 is 0. The highest BCUT2D eigenvalue weighted by molar-refractivity contribution is 5.84. The Hall–Kier alpha value is -1.50. The molecule has 0 radical (unpaired) electrons. The quantitative estimate of drug-likeness (QED) is 0.453. The van der Waals surface area contributed by atoms with Crippen molar-refractivity contribution in [2.45, 2.75) is 77.6 Å². The first kappa shape index (κ1) is 18.3. The summed E-state index contributed by atoms with van der Waals surface area (Å²) in [6.45, 7) is 5.24. The lowest BCUT2D eigenvalue weighted by molar-refractivity contribution is 0.303. The number of ether oxygens (including phenoxy) is 1. The maximum Gasteiger partial charge on any atom is 0.119 e. The number of fused-ring (bicyclic) bond motifs is 1. The van der Waals surface area contributed by atoms with Gasteiger partial charge < -0.3 is 4.74 Å². The summed E-state index contributed by atoms with van der Waals surface area (Å²) < 4.78 is 5.76. The summed E-state index contributed by atoms with van der Waals surface area (Å²) in [6, 6.07) is 13.6. The molecule has 0 aliphatic heterocycles. The normalized spacial score (nSPS) is 20.7. The number of hydrogen-bond donors (Lipinski definition) is 0. The van der Waals surface area contributed by atoms with Crippen LogP contribution in [0.2, 0.25) is 0 Å². The van der Waals surface area contributed by atoms with Gasteiger partial charge in [0.1, 0.15) is 5.75 Å². The maximum absolute atomic E-state index is 5.76. The number of hydrogen-bond acceptors (Lipinski definition) is 1. The second-order valence-electron chi connectivity index (χ2n) is 7.83. The summed E-state index contributed by atoms with van der Waals surface area (Å²) in [7, 11) is 0. The van der Waals surface area contributed by atoms with Crippen LogP contribution < -0.4 is 4.74 Å². The Morgan fingerprint density at radius 2 is 1.60 bits per heavy atom. The molecule has 1 aliphatic rings. The molecule has 0 amide bonds. The van der Waals surface area contributed by atoms with Crippen molar-refractivity contribution in [3.8, 4) is 5.75 Å². The van der Waals surface area contributed by atoms with Crippen LogP contribution in [0.1, 0.15) is 83.1 Å². The monoisotopic (exact) mass is 338 g/mol. The predicted octanol–water partition coefficient (Wildman–Crippen LogP) is 7.48. The molecule has 0 spiro atoms. The minimum Gasteiger partial charge on any atom is -0.494 e. The Labute approximate surface area is 153 Å². The fourth-order valence-corrected chi connectivity index (χ4v) is 4.27. The standard InChI is InChI=1S/C24H34O/c1-3-5-6-7-19-8-10-20(11-9-19)21-12-13-23-18-24(25-16-4-2)15-14-22(23)17-21/h12-15,17-20H,3-11,16H2,1-2H3. The number of benzene rings is 2. The molecule has 0 unspecified atom stereocenters. The minimum atomic E-state index is 0.767. The average Bonchev–Trinajstić information content (AvgIpc) is 2.66. The van der Waals surface area contributed by atoms with Gasteiger partial charge in [-0.3, -0.25) is 0 Å². The van der Waals surface area contributed by atoms with Crippen LogP contribution in [0.4, 0.5) is 0 Å². The molecule has 0 bridgehead atoms. The lowest BCUT2D eigenvalue weighted by atomic mass is 9.77. The summed E-state index contributed by atoms with van der Waals surface area (Å²) in [5, 5.41) is 2.65. The molecular weight excluding hydrogens is 304 g/mol. The van der Waals surface area contributed by atoms with Crippen molar-refractivity contribution in [1.82, 2.24) is 0 Å². The lowest BCUT2D eigenvalue weighted by Crippen LogP contribution is -2.13. The van der Waals surface area contributed by atoms with Crippen LogP contribution in [0, 0.1) is 5.92 Å². The van der Waals surface area contributed by atoms with Crippen molar-refractivity contribution in [2.75, 3.05) is 6.61 Å². The molecule has 0 N–H and O–H groups in total. The van der Waals surface area contributed by atoms with Gasteiger partial charge in [0.25, 0.3) is 0 Å². The Bertz CT molecular complexity index is 652. The third-order valence-corrected chi connectivity index (χ3v) is 5.84. The van der Waals surface area contributed by atoms with Gasteiger partial charge in [-0.25, -0.2) is 0 Å². The molecule has 1 nitrogen and oxygen atoms in total. The molecular formula is C24H34O. The Morgan fingerprint density at radius 3 is 2.36 bits per heavy atom. The molecule has 136 valence electrons. The van der Waals surface area contributed by atoms with E-state index in [9.17, 15) is 0 Å². The Balaban J connectivity index is 1.60. The molecule has 0 aromatic heterocycles. The van der Waals surface area contributed by atoms with Gasteiger partial charge in [-0.05, 0) is 72.4 Å². The smallest absolute Gasteiger partial charge is 0.119 e. The molecule has 25 heavy (non-hydrogen) atoms. The molecule has 0 atom stereocenters. The van der Waals surface area contributed by atoms with Crippen LogP contribution >= 0.6 is 0 Å². The van der Waals surface area contributed by atoms with Gasteiger partial charge >= 0.3 is 0 Å². The van der Waals surface area contributed by atoms with E-state index in [2.05, 4.69) is 50.2 Å². The summed E-state index contributed by atoms with van der Waals surface area (Å²) in [6.07, 6.45) is 12.3. The number of unbranched alkanes of at least 4 members (excludes halogenated alkanes) is 2. The zero-order valence-corrected chi connectivity index (χ0v) is 16.1. The first-order valence-corrected chi connectivity index (χ1v) is 10.5. The molecule has 1 fully saturated rings. The number of rotatable bonds is 8. The van der Waals surface area contributed by atoms with Gasteiger partial charge in [-0.2, -0.15) is 0 Å². The van der Waals surface area contributed by atoms with Crippen LogP contribution in [0.15, 0.2) is 36.4 Å². The molecule has 1 heteroatoms. The average molecular weight is 339 g/mol. The maximum atomic E-state index is 5.76. The topological polar surface area (TPSA) is 9.23 Å². The van der Waals surface area contributed by atoms with Crippen LogP contribution in [0.5, 0.6) is 5.75 Å². The fraction of sp³-hybridized carbons (Fsp3) is 0.583. The first-order valence-electron chi connectivity index (χ1n) is 10.5. The van der Waals surface area contributed by atoms with E-state index in [1.807, 2.05) is 0 Å². The molecule has 1 saturated carbocycles. The Morgan fingerprint density at radius 1 is 0.840 bits per heavy atom. The van der Waals surface area contributed by atoms with Gasteiger partial charge in [0.15, 0.2) is 0 Å². The van der Waals surface area contributed by atoms with Crippen molar-refractivity contribution in [3.63, 3.8) is 0 Å². The van der Waals surface area contributed by atoms with Gasteiger partial charge in [-0.15, -0.1) is 0 Å². The zero-order valence-electron chi connectivity index (χ0n) is 16.1. The van der Waals surface area contributed by atoms with Gasteiger partial charge in [0, 0.05) is 0 Å². The van der Waals surface area contributed by atoms with Crippen LogP contribution in [0.3, 0.4) is 0 Å². The molecule has 2 aromatic carbocycles. The second kappa shape index (κ2) is 9.27. The summed E-state index contributed by atoms with van der Waals surface area (Å²) in [4.78, 5) is 0. The SMILES string of the molecule is CCCCCC1CCC(c2ccc3cc(OCCC)ccc3c2)CC1. The lowest BCUT2D eigenvalue weighted by Gasteiger charge is -2.29. The van der Waals surface area contributed by atoms with E-state index >= 15 is 0 Å². The fourth-order valence-electron chi connectivity index (χ4n) is 4.27. The van der Waals surface area contributed by atoms with Crippen molar-refractivity contribution in [1.29, 1.82) is 0 Å². The van der Waals surface area contributed by atoms with E-state index in [4.69, 9.17) is 4.74 Å². The summed E-state index contributed by atoms with van der Waals surface area (Å²) in [5.41, 5.74) is 1.54. The molecule has 3 rings (SSSR count). The molecule has 1 aliphatic carbocycles. The van der Waals surface area contributed by atoms with Gasteiger partial charge in [0.05, 0.1) is 6.61 Å². The second-order valence-corrected chi connectivity index (χ2v) is 7.83. The largest absolute Gasteiger partial charge is 0.494 e. The van der Waals surface area contributed by atoms with Crippen molar-refractivity contribution in [3.05, 3.63) is 42.0 Å². The van der Waals surface area contributed by atoms with E-state index in [0.29, 0.717) is 0 Å². The third-order valence-electron chi connectivity index (χ3n) is 5.84. The third kappa shape index (κ3) is 5.00. The first-order chi connectivity index (χ1) is 12.3. The highest BCUT2D eigenvalue weighted by Gasteiger charge is 2.22. The zero-order chi connectivity index (χ0) is 17.5. The summed E-state index contributed by atoms with van der Waals surface area (Å²) in [5.74, 6) is 2.75. The highest BCUT2D eigenvalue weighted by Crippen LogP contribution is 2.38. The Kier molecular flexibility index (Phi) is 6.78. The van der Waals surface area contributed by atoms with Gasteiger partial charge in [0.2, 0.25) is 0 Å². The van der Waals surface area contributed by atoms with Crippen molar-refractivity contribution < 1.29 is 4.74 Å². The predicted molar refractivity (Wildman–Crippen MR) is 109 cm³/mol. The minimum absolute atomic E-state index is 0.767. The van der Waals surface area contributed by atoms with E-state index in [0.717, 1.165) is 30.6 Å².